The van der Waals surface area contributed by atoms with Crippen LogP contribution in [0.4, 0.5) is 0 Å². The lowest BCUT2D eigenvalue weighted by atomic mass is 10.1. The van der Waals surface area contributed by atoms with Gasteiger partial charge in [-0.15, -0.1) is 0 Å². The van der Waals surface area contributed by atoms with E-state index in [1.165, 1.54) is 5.56 Å². The number of hydrogen-bond acceptors (Lipinski definition) is 2. The number of carbonyl (C=O) groups is 1. The first kappa shape index (κ1) is 9.74. The van der Waals surface area contributed by atoms with Crippen molar-refractivity contribution in [1.82, 2.24) is 5.48 Å². The molecule has 2 N–H and O–H groups in total. The second-order valence-corrected chi connectivity index (χ2v) is 2.89. The predicted octanol–water partition coefficient (Wildman–Crippen LogP) is 1.76. The van der Waals surface area contributed by atoms with Gasteiger partial charge in [-0.1, -0.05) is 25.5 Å². The first-order valence-electron chi connectivity index (χ1n) is 4.31. The van der Waals surface area contributed by atoms with Gasteiger partial charge in [0.05, 0.1) is 0 Å². The van der Waals surface area contributed by atoms with Crippen LogP contribution in [0.2, 0.25) is 0 Å². The molecule has 0 aliphatic rings. The second kappa shape index (κ2) is 4.62. The molecule has 0 aromatic heterocycles. The zero-order valence-electron chi connectivity index (χ0n) is 7.58. The maximum absolute atomic E-state index is 10.9. The maximum Gasteiger partial charge on any atom is 0.274 e. The molecule has 0 aliphatic carbocycles. The quantitative estimate of drug-likeness (QED) is 0.548. The monoisotopic (exact) mass is 179 g/mol. The summed E-state index contributed by atoms with van der Waals surface area (Å²) >= 11 is 0. The summed E-state index contributed by atoms with van der Waals surface area (Å²) in [4.78, 5) is 10.9. The van der Waals surface area contributed by atoms with E-state index in [9.17, 15) is 4.79 Å². The van der Waals surface area contributed by atoms with Crippen molar-refractivity contribution in [2.24, 2.45) is 0 Å². The molecular formula is C10H13NO2. The topological polar surface area (TPSA) is 49.3 Å². The van der Waals surface area contributed by atoms with E-state index >= 15 is 0 Å². The van der Waals surface area contributed by atoms with E-state index in [4.69, 9.17) is 5.21 Å². The molecule has 1 aromatic rings. The zero-order valence-corrected chi connectivity index (χ0v) is 7.58. The van der Waals surface area contributed by atoms with E-state index in [0.717, 1.165) is 12.8 Å². The summed E-state index contributed by atoms with van der Waals surface area (Å²) in [5.41, 5.74) is 3.27. The summed E-state index contributed by atoms with van der Waals surface area (Å²) in [5.74, 6) is -0.469. The minimum Gasteiger partial charge on any atom is -0.288 e. The lowest BCUT2D eigenvalue weighted by Crippen LogP contribution is -2.18. The number of benzene rings is 1. The third kappa shape index (κ3) is 2.56. The smallest absolute Gasteiger partial charge is 0.274 e. The summed E-state index contributed by atoms with van der Waals surface area (Å²) in [6.07, 6.45) is 2.10. The maximum atomic E-state index is 10.9. The molecular weight excluding hydrogens is 166 g/mol. The molecule has 0 radical (unpaired) electrons. The highest BCUT2D eigenvalue weighted by Gasteiger charge is 2.02. The number of carbonyl (C=O) groups excluding carboxylic acids is 1. The molecule has 0 aliphatic heterocycles. The predicted molar refractivity (Wildman–Crippen MR) is 49.7 cm³/mol. The molecule has 0 unspecified atom stereocenters. The molecule has 3 heteroatoms. The van der Waals surface area contributed by atoms with Crippen LogP contribution in [0.25, 0.3) is 0 Å². The van der Waals surface area contributed by atoms with Crippen LogP contribution >= 0.6 is 0 Å². The average Bonchev–Trinajstić information content (AvgIpc) is 2.18. The Hall–Kier alpha value is -1.35. The molecule has 0 heterocycles. The molecule has 0 spiro atoms. The molecule has 1 aromatic carbocycles. The molecule has 1 rings (SSSR count). The van der Waals surface area contributed by atoms with Crippen LogP contribution in [0.5, 0.6) is 0 Å². The van der Waals surface area contributed by atoms with Crippen molar-refractivity contribution in [1.29, 1.82) is 0 Å². The van der Waals surface area contributed by atoms with E-state index in [1.54, 1.807) is 17.6 Å². The number of amides is 1. The molecule has 13 heavy (non-hydrogen) atoms. The van der Waals surface area contributed by atoms with Crippen LogP contribution in [-0.2, 0) is 6.42 Å². The summed E-state index contributed by atoms with van der Waals surface area (Å²) in [6, 6.07) is 7.20. The fourth-order valence-corrected chi connectivity index (χ4v) is 1.18. The minimum atomic E-state index is -0.469. The van der Waals surface area contributed by atoms with Gasteiger partial charge in [-0.3, -0.25) is 10.0 Å². The highest BCUT2D eigenvalue weighted by atomic mass is 16.5. The molecule has 0 atom stereocenters. The minimum absolute atomic E-state index is 0.469. The van der Waals surface area contributed by atoms with Gasteiger partial charge in [0.15, 0.2) is 0 Å². The highest BCUT2D eigenvalue weighted by Crippen LogP contribution is 2.06. The van der Waals surface area contributed by atoms with Crippen molar-refractivity contribution in [2.45, 2.75) is 19.8 Å². The van der Waals surface area contributed by atoms with Crippen molar-refractivity contribution >= 4 is 5.91 Å². The molecule has 70 valence electrons. The Morgan fingerprint density at radius 1 is 1.38 bits per heavy atom. The van der Waals surface area contributed by atoms with Crippen LogP contribution in [0.3, 0.4) is 0 Å². The lowest BCUT2D eigenvalue weighted by Gasteiger charge is -2.00. The van der Waals surface area contributed by atoms with Crippen LogP contribution < -0.4 is 5.48 Å². The van der Waals surface area contributed by atoms with Crippen LogP contribution in [0, 0.1) is 0 Å². The van der Waals surface area contributed by atoms with Gasteiger partial charge in [-0.05, 0) is 24.1 Å². The van der Waals surface area contributed by atoms with Crippen molar-refractivity contribution in [3.8, 4) is 0 Å². The molecule has 0 bridgehead atoms. The Balaban J connectivity index is 2.75. The number of aryl methyl sites for hydroxylation is 1. The van der Waals surface area contributed by atoms with Gasteiger partial charge < -0.3 is 0 Å². The Bertz CT molecular complexity index is 279. The van der Waals surface area contributed by atoms with Crippen molar-refractivity contribution in [3.05, 3.63) is 35.4 Å². The standard InChI is InChI=1S/C10H13NO2/c1-2-3-8-4-6-9(7-5-8)10(12)11-13/h4-7,13H,2-3H2,1H3,(H,11,12). The van der Waals surface area contributed by atoms with Crippen molar-refractivity contribution in [3.63, 3.8) is 0 Å². The molecule has 3 nitrogen and oxygen atoms in total. The van der Waals surface area contributed by atoms with Crippen LogP contribution in [0.15, 0.2) is 24.3 Å². The first-order valence-corrected chi connectivity index (χ1v) is 4.31. The van der Waals surface area contributed by atoms with Crippen molar-refractivity contribution < 1.29 is 10.0 Å². The first-order chi connectivity index (χ1) is 6.27. The van der Waals surface area contributed by atoms with Gasteiger partial charge in [0.2, 0.25) is 0 Å². The van der Waals surface area contributed by atoms with Gasteiger partial charge in [-0.25, -0.2) is 5.48 Å². The SMILES string of the molecule is CCCc1ccc(C(=O)NO)cc1. The van der Waals surface area contributed by atoms with E-state index in [1.807, 2.05) is 12.1 Å². The molecule has 0 saturated heterocycles. The molecule has 0 fully saturated rings. The van der Waals surface area contributed by atoms with E-state index in [2.05, 4.69) is 6.92 Å². The van der Waals surface area contributed by atoms with Crippen molar-refractivity contribution in [2.75, 3.05) is 0 Å². The summed E-state index contributed by atoms with van der Waals surface area (Å²) in [5, 5.41) is 8.36. The van der Waals surface area contributed by atoms with Gasteiger partial charge in [0.25, 0.3) is 5.91 Å². The largest absolute Gasteiger partial charge is 0.288 e. The van der Waals surface area contributed by atoms with E-state index in [0.29, 0.717) is 5.56 Å². The van der Waals surface area contributed by atoms with E-state index < -0.39 is 5.91 Å². The number of nitrogens with one attached hydrogen (secondary N) is 1. The Kier molecular flexibility index (Phi) is 3.46. The fraction of sp³-hybridized carbons (Fsp3) is 0.300. The number of hydroxylamine groups is 1. The Morgan fingerprint density at radius 2 is 2.00 bits per heavy atom. The van der Waals surface area contributed by atoms with Gasteiger partial charge in [0, 0.05) is 5.56 Å². The van der Waals surface area contributed by atoms with Crippen LogP contribution in [-0.4, -0.2) is 11.1 Å². The highest BCUT2D eigenvalue weighted by molar-refractivity contribution is 5.93. The van der Waals surface area contributed by atoms with Gasteiger partial charge >= 0.3 is 0 Å². The molecule has 1 amide bonds. The summed E-state index contributed by atoms with van der Waals surface area (Å²) in [6.45, 7) is 2.11. The van der Waals surface area contributed by atoms with E-state index in [-0.39, 0.29) is 0 Å². The Labute approximate surface area is 77.4 Å². The van der Waals surface area contributed by atoms with Crippen LogP contribution in [0.1, 0.15) is 29.3 Å². The summed E-state index contributed by atoms with van der Waals surface area (Å²) in [7, 11) is 0. The Morgan fingerprint density at radius 3 is 2.46 bits per heavy atom. The third-order valence-electron chi connectivity index (χ3n) is 1.86. The summed E-state index contributed by atoms with van der Waals surface area (Å²) < 4.78 is 0. The zero-order chi connectivity index (χ0) is 9.68. The fourth-order valence-electron chi connectivity index (χ4n) is 1.18. The lowest BCUT2D eigenvalue weighted by molar-refractivity contribution is 0.0706. The normalized spacial score (nSPS) is 9.69. The second-order valence-electron chi connectivity index (χ2n) is 2.89. The average molecular weight is 179 g/mol. The third-order valence-corrected chi connectivity index (χ3v) is 1.86. The molecule has 0 saturated carbocycles. The van der Waals surface area contributed by atoms with Gasteiger partial charge in [-0.2, -0.15) is 0 Å². The van der Waals surface area contributed by atoms with Gasteiger partial charge in [0.1, 0.15) is 0 Å². The number of hydrogen-bond donors (Lipinski definition) is 2. The number of rotatable bonds is 3.